The Morgan fingerprint density at radius 1 is 1.14 bits per heavy atom. The van der Waals surface area contributed by atoms with Crippen LogP contribution in [0.4, 0.5) is 8.78 Å². The highest BCUT2D eigenvalue weighted by Gasteiger charge is 2.11. The molecule has 0 aromatic heterocycles. The SMILES string of the molecule is Cl.O=C(CCOCC(F)F)NCCNC1CCCCCC1. The molecule has 1 aliphatic carbocycles. The monoisotopic (exact) mass is 328 g/mol. The first kappa shape index (κ1) is 20.5. The molecule has 21 heavy (non-hydrogen) atoms. The van der Waals surface area contributed by atoms with Crippen LogP contribution in [-0.2, 0) is 9.53 Å². The van der Waals surface area contributed by atoms with Crippen LogP contribution in [0.15, 0.2) is 0 Å². The van der Waals surface area contributed by atoms with Gasteiger partial charge in [-0.15, -0.1) is 12.4 Å². The van der Waals surface area contributed by atoms with Gasteiger partial charge in [0.2, 0.25) is 5.91 Å². The molecular formula is C14H27ClF2N2O2. The number of nitrogens with one attached hydrogen (secondary N) is 2. The number of alkyl halides is 2. The Morgan fingerprint density at radius 2 is 1.81 bits per heavy atom. The summed E-state index contributed by atoms with van der Waals surface area (Å²) in [6, 6.07) is 0.573. The van der Waals surface area contributed by atoms with Crippen molar-refractivity contribution in [1.29, 1.82) is 0 Å². The lowest BCUT2D eigenvalue weighted by Crippen LogP contribution is -2.37. The molecule has 1 fully saturated rings. The molecule has 0 spiro atoms. The Labute approximate surface area is 131 Å². The maximum absolute atomic E-state index is 11.8. The molecule has 0 aromatic rings. The van der Waals surface area contributed by atoms with Crippen molar-refractivity contribution >= 4 is 18.3 Å². The van der Waals surface area contributed by atoms with Gasteiger partial charge in [0, 0.05) is 25.6 Å². The average molecular weight is 329 g/mol. The van der Waals surface area contributed by atoms with E-state index >= 15 is 0 Å². The lowest BCUT2D eigenvalue weighted by atomic mass is 10.1. The predicted molar refractivity (Wildman–Crippen MR) is 81.2 cm³/mol. The number of hydrogen-bond donors (Lipinski definition) is 2. The minimum Gasteiger partial charge on any atom is -0.375 e. The first-order chi connectivity index (χ1) is 9.68. The maximum atomic E-state index is 11.8. The van der Waals surface area contributed by atoms with Crippen molar-refractivity contribution in [2.45, 2.75) is 57.4 Å². The second kappa shape index (κ2) is 13.2. The highest BCUT2D eigenvalue weighted by atomic mass is 35.5. The van der Waals surface area contributed by atoms with Crippen molar-refractivity contribution < 1.29 is 18.3 Å². The summed E-state index contributed by atoms with van der Waals surface area (Å²) in [4.78, 5) is 11.4. The van der Waals surface area contributed by atoms with Crippen LogP contribution in [0.25, 0.3) is 0 Å². The average Bonchev–Trinajstić information content (AvgIpc) is 2.68. The smallest absolute Gasteiger partial charge is 0.261 e. The quantitative estimate of drug-likeness (QED) is 0.505. The summed E-state index contributed by atoms with van der Waals surface area (Å²) in [7, 11) is 0. The van der Waals surface area contributed by atoms with Gasteiger partial charge >= 0.3 is 0 Å². The summed E-state index contributed by atoms with van der Waals surface area (Å²) in [5.41, 5.74) is 0. The van der Waals surface area contributed by atoms with E-state index < -0.39 is 13.0 Å². The standard InChI is InChI=1S/C14H26F2N2O2.ClH/c15-13(16)11-20-10-7-14(19)18-9-8-17-12-5-3-1-2-4-6-12;/h12-13,17H,1-11H2,(H,18,19);1H. The van der Waals surface area contributed by atoms with Crippen molar-refractivity contribution in [3.63, 3.8) is 0 Å². The molecule has 1 rings (SSSR count). The van der Waals surface area contributed by atoms with E-state index in [1.165, 1.54) is 38.5 Å². The van der Waals surface area contributed by atoms with Gasteiger partial charge in [-0.05, 0) is 12.8 Å². The molecule has 126 valence electrons. The zero-order chi connectivity index (χ0) is 14.6. The Morgan fingerprint density at radius 3 is 2.43 bits per heavy atom. The molecule has 0 bridgehead atoms. The van der Waals surface area contributed by atoms with Gasteiger partial charge in [-0.3, -0.25) is 4.79 Å². The number of ether oxygens (including phenoxy) is 1. The summed E-state index contributed by atoms with van der Waals surface area (Å²) in [6.45, 7) is 0.779. The fraction of sp³-hybridized carbons (Fsp3) is 0.929. The van der Waals surface area contributed by atoms with E-state index in [9.17, 15) is 13.6 Å². The molecule has 1 saturated carbocycles. The molecule has 1 aliphatic rings. The van der Waals surface area contributed by atoms with Crippen molar-refractivity contribution in [1.82, 2.24) is 10.6 Å². The molecule has 1 amide bonds. The zero-order valence-electron chi connectivity index (χ0n) is 12.4. The number of carbonyl (C=O) groups is 1. The molecule has 4 nitrogen and oxygen atoms in total. The maximum Gasteiger partial charge on any atom is 0.261 e. The molecule has 0 aliphatic heterocycles. The molecule has 0 unspecified atom stereocenters. The van der Waals surface area contributed by atoms with Gasteiger partial charge in [0.25, 0.3) is 6.43 Å². The summed E-state index contributed by atoms with van der Waals surface area (Å²) in [6.07, 6.45) is 5.32. The van der Waals surface area contributed by atoms with E-state index in [-0.39, 0.29) is 31.3 Å². The molecule has 0 aromatic carbocycles. The van der Waals surface area contributed by atoms with E-state index in [2.05, 4.69) is 15.4 Å². The summed E-state index contributed by atoms with van der Waals surface area (Å²) in [5, 5.41) is 6.21. The van der Waals surface area contributed by atoms with Gasteiger partial charge < -0.3 is 15.4 Å². The van der Waals surface area contributed by atoms with E-state index in [0.717, 1.165) is 6.54 Å². The third-order valence-electron chi connectivity index (χ3n) is 3.45. The van der Waals surface area contributed by atoms with Crippen LogP contribution in [0.3, 0.4) is 0 Å². The number of halogens is 3. The number of hydrogen-bond acceptors (Lipinski definition) is 3. The minimum atomic E-state index is -2.47. The largest absolute Gasteiger partial charge is 0.375 e. The normalized spacial score (nSPS) is 16.3. The first-order valence-corrected chi connectivity index (χ1v) is 7.54. The van der Waals surface area contributed by atoms with Crippen molar-refractivity contribution in [3.8, 4) is 0 Å². The summed E-state index contributed by atoms with van der Waals surface area (Å²) < 4.78 is 28.2. The van der Waals surface area contributed by atoms with E-state index in [4.69, 9.17) is 0 Å². The van der Waals surface area contributed by atoms with Gasteiger partial charge in [0.15, 0.2) is 0 Å². The molecule has 7 heteroatoms. The fourth-order valence-corrected chi connectivity index (χ4v) is 2.39. The van der Waals surface area contributed by atoms with Crippen molar-refractivity contribution in [3.05, 3.63) is 0 Å². The van der Waals surface area contributed by atoms with Crippen molar-refractivity contribution in [2.24, 2.45) is 0 Å². The number of rotatable bonds is 9. The molecule has 0 atom stereocenters. The summed E-state index contributed by atoms with van der Waals surface area (Å²) in [5.74, 6) is -0.151. The van der Waals surface area contributed by atoms with E-state index in [1.807, 2.05) is 0 Å². The van der Waals surface area contributed by atoms with Gasteiger partial charge in [-0.1, -0.05) is 25.7 Å². The Balaban J connectivity index is 0.00000400. The molecule has 0 heterocycles. The molecular weight excluding hydrogens is 302 g/mol. The third kappa shape index (κ3) is 11.8. The van der Waals surface area contributed by atoms with Crippen LogP contribution in [0.2, 0.25) is 0 Å². The third-order valence-corrected chi connectivity index (χ3v) is 3.45. The van der Waals surface area contributed by atoms with Crippen molar-refractivity contribution in [2.75, 3.05) is 26.3 Å². The highest BCUT2D eigenvalue weighted by Crippen LogP contribution is 2.16. The Kier molecular flexibility index (Phi) is 12.9. The van der Waals surface area contributed by atoms with Crippen LogP contribution >= 0.6 is 12.4 Å². The molecule has 0 radical (unpaired) electrons. The second-order valence-electron chi connectivity index (χ2n) is 5.21. The summed E-state index contributed by atoms with van der Waals surface area (Å²) >= 11 is 0. The molecule has 2 N–H and O–H groups in total. The predicted octanol–water partition coefficient (Wildman–Crippen LogP) is 2.51. The van der Waals surface area contributed by atoms with Gasteiger partial charge in [-0.2, -0.15) is 0 Å². The number of amides is 1. The van der Waals surface area contributed by atoms with Gasteiger partial charge in [0.1, 0.15) is 6.61 Å². The van der Waals surface area contributed by atoms with Crippen LogP contribution in [0, 0.1) is 0 Å². The zero-order valence-corrected chi connectivity index (χ0v) is 13.2. The van der Waals surface area contributed by atoms with Crippen LogP contribution in [0.5, 0.6) is 0 Å². The van der Waals surface area contributed by atoms with E-state index in [1.54, 1.807) is 0 Å². The van der Waals surface area contributed by atoms with Crippen LogP contribution in [0.1, 0.15) is 44.9 Å². The van der Waals surface area contributed by atoms with Crippen LogP contribution < -0.4 is 10.6 Å². The number of carbonyl (C=O) groups excluding carboxylic acids is 1. The lowest BCUT2D eigenvalue weighted by Gasteiger charge is -2.16. The van der Waals surface area contributed by atoms with Gasteiger partial charge in [-0.25, -0.2) is 8.78 Å². The Hall–Kier alpha value is -0.460. The molecule has 0 saturated heterocycles. The van der Waals surface area contributed by atoms with Crippen LogP contribution in [-0.4, -0.2) is 44.7 Å². The second-order valence-corrected chi connectivity index (χ2v) is 5.21. The Bertz CT molecular complexity index is 263. The van der Waals surface area contributed by atoms with E-state index in [0.29, 0.717) is 12.6 Å². The van der Waals surface area contributed by atoms with Gasteiger partial charge in [0.05, 0.1) is 6.61 Å². The highest BCUT2D eigenvalue weighted by molar-refractivity contribution is 5.85. The minimum absolute atomic E-state index is 0. The lowest BCUT2D eigenvalue weighted by molar-refractivity contribution is -0.122. The topological polar surface area (TPSA) is 50.4 Å². The fourth-order valence-electron chi connectivity index (χ4n) is 2.39. The first-order valence-electron chi connectivity index (χ1n) is 7.54.